The van der Waals surface area contributed by atoms with Gasteiger partial charge in [-0.2, -0.15) is 4.31 Å². The minimum absolute atomic E-state index is 0.0981. The number of piperidine rings is 1. The standard InChI is InChI=1S/C19H26F2N2O4S/c20-16-4-5-17(21)18(12-16)28(25,26)23-9-6-15(7-10-23)19(24)22-8-1-11-27-13-14-2-3-14/h4-5,12,14-15H,1-3,6-11,13H2,(H,22,24). The summed E-state index contributed by atoms with van der Waals surface area (Å²) >= 11 is 0. The van der Waals surface area contributed by atoms with Crippen LogP contribution in [0.15, 0.2) is 23.1 Å². The molecule has 1 amide bonds. The molecule has 156 valence electrons. The van der Waals surface area contributed by atoms with Crippen molar-refractivity contribution in [2.24, 2.45) is 11.8 Å². The van der Waals surface area contributed by atoms with Crippen LogP contribution in [0.3, 0.4) is 0 Å². The quantitative estimate of drug-likeness (QED) is 0.627. The van der Waals surface area contributed by atoms with E-state index in [1.807, 2.05) is 0 Å². The topological polar surface area (TPSA) is 75.7 Å². The SMILES string of the molecule is O=C(NCCCOCC1CC1)C1CCN(S(=O)(=O)c2cc(F)ccc2F)CC1. The number of nitrogens with one attached hydrogen (secondary N) is 1. The Balaban J connectivity index is 1.42. The minimum atomic E-state index is -4.12. The Labute approximate surface area is 164 Å². The van der Waals surface area contributed by atoms with Crippen LogP contribution in [0.25, 0.3) is 0 Å². The number of rotatable bonds is 9. The summed E-state index contributed by atoms with van der Waals surface area (Å²) in [6, 6.07) is 2.37. The highest BCUT2D eigenvalue weighted by Crippen LogP contribution is 2.29. The summed E-state index contributed by atoms with van der Waals surface area (Å²) in [6.45, 7) is 2.14. The molecule has 3 rings (SSSR count). The Morgan fingerprint density at radius 3 is 2.57 bits per heavy atom. The average molecular weight is 416 g/mol. The summed E-state index contributed by atoms with van der Waals surface area (Å²) in [4.78, 5) is 11.6. The Bertz CT molecular complexity index is 791. The lowest BCUT2D eigenvalue weighted by Crippen LogP contribution is -2.43. The first kappa shape index (κ1) is 21.1. The molecule has 6 nitrogen and oxygen atoms in total. The van der Waals surface area contributed by atoms with E-state index < -0.39 is 26.6 Å². The molecule has 1 saturated carbocycles. The van der Waals surface area contributed by atoms with Crippen molar-refractivity contribution in [2.75, 3.05) is 32.8 Å². The van der Waals surface area contributed by atoms with Gasteiger partial charge >= 0.3 is 0 Å². The van der Waals surface area contributed by atoms with E-state index in [9.17, 15) is 22.0 Å². The number of hydrogen-bond donors (Lipinski definition) is 1. The van der Waals surface area contributed by atoms with Crippen molar-refractivity contribution in [3.63, 3.8) is 0 Å². The van der Waals surface area contributed by atoms with Gasteiger partial charge in [0.1, 0.15) is 16.5 Å². The first-order valence-electron chi connectivity index (χ1n) is 9.68. The fraction of sp³-hybridized carbons (Fsp3) is 0.632. The third-order valence-corrected chi connectivity index (χ3v) is 7.06. The van der Waals surface area contributed by atoms with Crippen molar-refractivity contribution in [1.29, 1.82) is 0 Å². The highest BCUT2D eigenvalue weighted by Gasteiger charge is 2.33. The predicted molar refractivity (Wildman–Crippen MR) is 99.0 cm³/mol. The minimum Gasteiger partial charge on any atom is -0.381 e. The maximum Gasteiger partial charge on any atom is 0.246 e. The van der Waals surface area contributed by atoms with Crippen LogP contribution in [-0.2, 0) is 19.6 Å². The van der Waals surface area contributed by atoms with Gasteiger partial charge in [0.2, 0.25) is 15.9 Å². The first-order valence-corrected chi connectivity index (χ1v) is 11.1. The summed E-state index contributed by atoms with van der Waals surface area (Å²) in [5.41, 5.74) is 0. The van der Waals surface area contributed by atoms with Crippen LogP contribution >= 0.6 is 0 Å². The van der Waals surface area contributed by atoms with Crippen LogP contribution in [0.4, 0.5) is 8.78 Å². The van der Waals surface area contributed by atoms with Gasteiger partial charge in [-0.05, 0) is 56.2 Å². The van der Waals surface area contributed by atoms with Crippen molar-refractivity contribution >= 4 is 15.9 Å². The molecule has 2 fully saturated rings. The van der Waals surface area contributed by atoms with E-state index in [1.54, 1.807) is 0 Å². The van der Waals surface area contributed by atoms with Crippen LogP contribution < -0.4 is 5.32 Å². The number of carbonyl (C=O) groups excluding carboxylic acids is 1. The van der Waals surface area contributed by atoms with Crippen molar-refractivity contribution in [3.05, 3.63) is 29.8 Å². The first-order chi connectivity index (χ1) is 13.4. The lowest BCUT2D eigenvalue weighted by molar-refractivity contribution is -0.126. The summed E-state index contributed by atoms with van der Waals surface area (Å²) in [6.07, 6.45) is 3.93. The molecule has 1 aliphatic heterocycles. The van der Waals surface area contributed by atoms with Gasteiger partial charge in [-0.3, -0.25) is 4.79 Å². The van der Waals surface area contributed by atoms with Crippen LogP contribution in [0, 0.1) is 23.5 Å². The molecule has 1 saturated heterocycles. The van der Waals surface area contributed by atoms with Crippen molar-refractivity contribution in [3.8, 4) is 0 Å². The number of halogens is 2. The zero-order valence-corrected chi connectivity index (χ0v) is 16.5. The zero-order chi connectivity index (χ0) is 20.1. The molecule has 0 unspecified atom stereocenters. The largest absolute Gasteiger partial charge is 0.381 e. The van der Waals surface area contributed by atoms with E-state index in [0.29, 0.717) is 32.1 Å². The number of nitrogens with zero attached hydrogens (tertiary/aromatic N) is 1. The predicted octanol–water partition coefficient (Wildman–Crippen LogP) is 2.30. The van der Waals surface area contributed by atoms with E-state index in [1.165, 1.54) is 12.8 Å². The van der Waals surface area contributed by atoms with Gasteiger partial charge in [0.05, 0.1) is 0 Å². The molecule has 1 N–H and O–H groups in total. The molecule has 0 spiro atoms. The van der Waals surface area contributed by atoms with Gasteiger partial charge in [0.15, 0.2) is 0 Å². The van der Waals surface area contributed by atoms with Crippen molar-refractivity contribution < 1.29 is 26.7 Å². The van der Waals surface area contributed by atoms with Gasteiger partial charge in [0.25, 0.3) is 0 Å². The number of sulfonamides is 1. The second kappa shape index (κ2) is 9.28. The Kier molecular flexibility index (Phi) is 7.00. The van der Waals surface area contributed by atoms with Gasteiger partial charge in [-0.25, -0.2) is 17.2 Å². The molecule has 1 aromatic carbocycles. The molecule has 28 heavy (non-hydrogen) atoms. The molecule has 1 aliphatic carbocycles. The fourth-order valence-electron chi connectivity index (χ4n) is 3.24. The Morgan fingerprint density at radius 2 is 1.89 bits per heavy atom. The molecule has 2 aliphatic rings. The van der Waals surface area contributed by atoms with Crippen LogP contribution in [0.2, 0.25) is 0 Å². The van der Waals surface area contributed by atoms with Crippen LogP contribution in [0.5, 0.6) is 0 Å². The number of carbonyl (C=O) groups is 1. The summed E-state index contributed by atoms with van der Waals surface area (Å²) < 4.78 is 59.0. The van der Waals surface area contributed by atoms with Crippen molar-refractivity contribution in [2.45, 2.75) is 37.0 Å². The second-order valence-corrected chi connectivity index (χ2v) is 9.32. The summed E-state index contributed by atoms with van der Waals surface area (Å²) in [7, 11) is -4.12. The van der Waals surface area contributed by atoms with Gasteiger partial charge < -0.3 is 10.1 Å². The third-order valence-electron chi connectivity index (χ3n) is 5.15. The molecule has 0 bridgehead atoms. The normalized spacial score (nSPS) is 18.9. The fourth-order valence-corrected chi connectivity index (χ4v) is 4.78. The highest BCUT2D eigenvalue weighted by atomic mass is 32.2. The molecule has 0 radical (unpaired) electrons. The zero-order valence-electron chi connectivity index (χ0n) is 15.7. The third kappa shape index (κ3) is 5.48. The molecule has 1 aromatic rings. The Hall–Kier alpha value is -1.58. The summed E-state index contributed by atoms with van der Waals surface area (Å²) in [5, 5.41) is 2.86. The maximum absolute atomic E-state index is 13.9. The van der Waals surface area contributed by atoms with Crippen LogP contribution in [0.1, 0.15) is 32.1 Å². The van der Waals surface area contributed by atoms with E-state index in [4.69, 9.17) is 4.74 Å². The highest BCUT2D eigenvalue weighted by molar-refractivity contribution is 7.89. The van der Waals surface area contributed by atoms with Crippen LogP contribution in [-0.4, -0.2) is 51.5 Å². The number of hydrogen-bond acceptors (Lipinski definition) is 4. The molecule has 0 atom stereocenters. The molecular formula is C19H26F2N2O4S. The van der Waals surface area contributed by atoms with E-state index in [0.717, 1.165) is 35.4 Å². The van der Waals surface area contributed by atoms with Gasteiger partial charge in [0, 0.05) is 38.8 Å². The average Bonchev–Trinajstić information content (AvgIpc) is 3.50. The van der Waals surface area contributed by atoms with E-state index in [2.05, 4.69) is 5.32 Å². The van der Waals surface area contributed by atoms with Gasteiger partial charge in [-0.1, -0.05) is 0 Å². The lowest BCUT2D eigenvalue weighted by Gasteiger charge is -2.30. The number of ether oxygens (including phenoxy) is 1. The number of amides is 1. The second-order valence-electron chi connectivity index (χ2n) is 7.42. The Morgan fingerprint density at radius 1 is 1.18 bits per heavy atom. The summed E-state index contributed by atoms with van der Waals surface area (Å²) in [5.74, 6) is -1.45. The van der Waals surface area contributed by atoms with E-state index in [-0.39, 0.29) is 24.9 Å². The molecule has 0 aromatic heterocycles. The smallest absolute Gasteiger partial charge is 0.246 e. The molecule has 1 heterocycles. The maximum atomic E-state index is 13.9. The lowest BCUT2D eigenvalue weighted by atomic mass is 9.97. The number of benzene rings is 1. The molecule has 9 heteroatoms. The molecular weight excluding hydrogens is 390 g/mol. The van der Waals surface area contributed by atoms with E-state index >= 15 is 0 Å². The monoisotopic (exact) mass is 416 g/mol. The van der Waals surface area contributed by atoms with Crippen molar-refractivity contribution in [1.82, 2.24) is 9.62 Å². The van der Waals surface area contributed by atoms with Gasteiger partial charge in [-0.15, -0.1) is 0 Å².